The van der Waals surface area contributed by atoms with Gasteiger partial charge in [0.05, 0.1) is 11.4 Å². The molecule has 1 aromatic heterocycles. The zero-order valence-corrected chi connectivity index (χ0v) is 19.0. The fourth-order valence-corrected chi connectivity index (χ4v) is 4.70. The maximum atomic E-state index is 13.3. The van der Waals surface area contributed by atoms with E-state index in [1.807, 2.05) is 44.2 Å². The van der Waals surface area contributed by atoms with Crippen molar-refractivity contribution in [3.63, 3.8) is 0 Å². The number of benzene rings is 2. The summed E-state index contributed by atoms with van der Waals surface area (Å²) >= 11 is 12.9. The fraction of sp³-hybridized carbons (Fsp3) is 0.130. The van der Waals surface area contributed by atoms with Gasteiger partial charge in [0.15, 0.2) is 0 Å². The Hall–Kier alpha value is -2.54. The van der Waals surface area contributed by atoms with E-state index in [2.05, 4.69) is 4.57 Å². The quantitative estimate of drug-likeness (QED) is 0.391. The first kappa shape index (κ1) is 21.7. The standard InChI is InChI=1S/C23H17Cl2FN2O2S/c1-13-9-16(14(2)28(13)19-7-4-17(24)5-8-19)10-21-22(29)27(23(30)31-21)12-15-3-6-18(26)11-20(15)25/h3-11H,12H2,1-2H3/b21-10-. The van der Waals surface area contributed by atoms with Crippen LogP contribution in [-0.2, 0) is 11.3 Å². The number of halogens is 3. The Bertz CT molecular complexity index is 1240. The summed E-state index contributed by atoms with van der Waals surface area (Å²) in [6.07, 6.45) is 1.73. The summed E-state index contributed by atoms with van der Waals surface area (Å²) in [5.41, 5.74) is 4.24. The van der Waals surface area contributed by atoms with Crippen molar-refractivity contribution in [1.82, 2.24) is 9.47 Å². The number of aryl methyl sites for hydroxylation is 1. The molecule has 2 aromatic carbocycles. The molecule has 1 aliphatic heterocycles. The molecule has 0 aliphatic carbocycles. The Balaban J connectivity index is 1.62. The Morgan fingerprint density at radius 3 is 2.42 bits per heavy atom. The molecule has 2 amide bonds. The Kier molecular flexibility index (Phi) is 5.97. The van der Waals surface area contributed by atoms with Gasteiger partial charge < -0.3 is 4.57 Å². The first-order valence-corrected chi connectivity index (χ1v) is 11.0. The minimum Gasteiger partial charge on any atom is -0.318 e. The minimum absolute atomic E-state index is 0.00901. The third-order valence-electron chi connectivity index (χ3n) is 5.06. The van der Waals surface area contributed by atoms with Crippen molar-refractivity contribution in [2.75, 3.05) is 0 Å². The number of nitrogens with zero attached hydrogens (tertiary/aromatic N) is 2. The Morgan fingerprint density at radius 1 is 1.03 bits per heavy atom. The second-order valence-electron chi connectivity index (χ2n) is 7.14. The molecule has 4 rings (SSSR count). The number of carbonyl (C=O) groups is 2. The van der Waals surface area contributed by atoms with Gasteiger partial charge >= 0.3 is 0 Å². The Morgan fingerprint density at radius 2 is 1.74 bits per heavy atom. The zero-order valence-electron chi connectivity index (χ0n) is 16.7. The van der Waals surface area contributed by atoms with Crippen molar-refractivity contribution in [2.24, 2.45) is 0 Å². The smallest absolute Gasteiger partial charge is 0.293 e. The molecule has 2 heterocycles. The van der Waals surface area contributed by atoms with E-state index in [9.17, 15) is 14.0 Å². The molecular formula is C23H17Cl2FN2O2S. The number of carbonyl (C=O) groups excluding carboxylic acids is 2. The van der Waals surface area contributed by atoms with Gasteiger partial charge in [-0.15, -0.1) is 0 Å². The number of hydrogen-bond acceptors (Lipinski definition) is 3. The highest BCUT2D eigenvalue weighted by atomic mass is 35.5. The molecule has 0 saturated carbocycles. The van der Waals surface area contributed by atoms with Crippen molar-refractivity contribution < 1.29 is 14.0 Å². The third-order valence-corrected chi connectivity index (χ3v) is 6.57. The fourth-order valence-electron chi connectivity index (χ4n) is 3.52. The van der Waals surface area contributed by atoms with Crippen LogP contribution in [0.2, 0.25) is 10.0 Å². The van der Waals surface area contributed by atoms with Gasteiger partial charge in [-0.1, -0.05) is 29.3 Å². The lowest BCUT2D eigenvalue weighted by molar-refractivity contribution is -0.123. The average Bonchev–Trinajstić information content (AvgIpc) is 3.14. The molecule has 158 valence electrons. The van der Waals surface area contributed by atoms with E-state index < -0.39 is 11.7 Å². The summed E-state index contributed by atoms with van der Waals surface area (Å²) in [6.45, 7) is 3.92. The van der Waals surface area contributed by atoms with E-state index in [4.69, 9.17) is 23.2 Å². The van der Waals surface area contributed by atoms with Crippen LogP contribution in [-0.4, -0.2) is 20.6 Å². The lowest BCUT2D eigenvalue weighted by atomic mass is 10.2. The maximum Gasteiger partial charge on any atom is 0.293 e. The summed E-state index contributed by atoms with van der Waals surface area (Å²) in [5, 5.41) is 0.444. The molecule has 0 atom stereocenters. The molecule has 1 aliphatic rings. The van der Waals surface area contributed by atoms with E-state index in [0.29, 0.717) is 15.5 Å². The average molecular weight is 475 g/mol. The summed E-state index contributed by atoms with van der Waals surface area (Å²) in [4.78, 5) is 26.8. The van der Waals surface area contributed by atoms with Crippen LogP contribution in [0.25, 0.3) is 11.8 Å². The minimum atomic E-state index is -0.473. The van der Waals surface area contributed by atoms with Crippen molar-refractivity contribution in [1.29, 1.82) is 0 Å². The van der Waals surface area contributed by atoms with Crippen molar-refractivity contribution >= 4 is 52.2 Å². The number of rotatable bonds is 4. The SMILES string of the molecule is Cc1cc(/C=C2\SC(=O)N(Cc3ccc(F)cc3Cl)C2=O)c(C)n1-c1ccc(Cl)cc1. The molecule has 0 unspecified atom stereocenters. The number of imide groups is 1. The van der Waals surface area contributed by atoms with E-state index in [-0.39, 0.29) is 16.8 Å². The molecule has 31 heavy (non-hydrogen) atoms. The van der Waals surface area contributed by atoms with E-state index in [1.165, 1.54) is 12.1 Å². The highest BCUT2D eigenvalue weighted by Gasteiger charge is 2.35. The van der Waals surface area contributed by atoms with Gasteiger partial charge in [0, 0.05) is 27.1 Å². The van der Waals surface area contributed by atoms with Gasteiger partial charge in [-0.3, -0.25) is 14.5 Å². The topological polar surface area (TPSA) is 42.3 Å². The summed E-state index contributed by atoms with van der Waals surface area (Å²) < 4.78 is 15.3. The molecule has 0 bridgehead atoms. The second-order valence-corrected chi connectivity index (χ2v) is 8.98. The summed E-state index contributed by atoms with van der Waals surface area (Å²) in [5.74, 6) is -0.870. The number of thioether (sulfide) groups is 1. The van der Waals surface area contributed by atoms with Gasteiger partial charge in [0.1, 0.15) is 5.82 Å². The van der Waals surface area contributed by atoms with Crippen LogP contribution in [0.15, 0.2) is 53.4 Å². The second kappa shape index (κ2) is 8.54. The van der Waals surface area contributed by atoms with Crippen molar-refractivity contribution in [2.45, 2.75) is 20.4 Å². The molecule has 0 radical (unpaired) electrons. The van der Waals surface area contributed by atoms with E-state index in [0.717, 1.165) is 45.4 Å². The predicted molar refractivity (Wildman–Crippen MR) is 123 cm³/mol. The van der Waals surface area contributed by atoms with Crippen LogP contribution in [0.5, 0.6) is 0 Å². The highest BCUT2D eigenvalue weighted by molar-refractivity contribution is 8.18. The largest absolute Gasteiger partial charge is 0.318 e. The van der Waals surface area contributed by atoms with Gasteiger partial charge in [-0.2, -0.15) is 0 Å². The number of hydrogen-bond donors (Lipinski definition) is 0. The molecule has 1 fully saturated rings. The van der Waals surface area contributed by atoms with Crippen LogP contribution < -0.4 is 0 Å². The first-order chi connectivity index (χ1) is 14.7. The monoisotopic (exact) mass is 474 g/mol. The molecule has 1 saturated heterocycles. The Labute approximate surface area is 193 Å². The summed E-state index contributed by atoms with van der Waals surface area (Å²) in [7, 11) is 0. The molecular weight excluding hydrogens is 458 g/mol. The number of amides is 2. The van der Waals surface area contributed by atoms with Crippen LogP contribution in [0.4, 0.5) is 9.18 Å². The molecule has 0 spiro atoms. The lowest BCUT2D eigenvalue weighted by Gasteiger charge is -2.13. The van der Waals surface area contributed by atoms with Crippen LogP contribution in [0, 0.1) is 19.7 Å². The normalized spacial score (nSPS) is 15.4. The van der Waals surface area contributed by atoms with Gasteiger partial charge in [0.25, 0.3) is 11.1 Å². The zero-order chi connectivity index (χ0) is 22.3. The van der Waals surface area contributed by atoms with Crippen LogP contribution in [0.1, 0.15) is 22.5 Å². The molecule has 4 nitrogen and oxygen atoms in total. The first-order valence-electron chi connectivity index (χ1n) is 9.39. The molecule has 8 heteroatoms. The highest BCUT2D eigenvalue weighted by Crippen LogP contribution is 2.35. The van der Waals surface area contributed by atoms with Crippen molar-refractivity contribution in [3.8, 4) is 5.69 Å². The molecule has 3 aromatic rings. The third kappa shape index (κ3) is 4.28. The molecule has 0 N–H and O–H groups in total. The van der Waals surface area contributed by atoms with Gasteiger partial charge in [-0.25, -0.2) is 4.39 Å². The van der Waals surface area contributed by atoms with Crippen molar-refractivity contribution in [3.05, 3.63) is 91.8 Å². The maximum absolute atomic E-state index is 13.3. The van der Waals surface area contributed by atoms with E-state index in [1.54, 1.807) is 6.08 Å². The lowest BCUT2D eigenvalue weighted by Crippen LogP contribution is -2.27. The van der Waals surface area contributed by atoms with Crippen LogP contribution >= 0.6 is 35.0 Å². The van der Waals surface area contributed by atoms with Gasteiger partial charge in [-0.05, 0) is 85.3 Å². The van der Waals surface area contributed by atoms with E-state index >= 15 is 0 Å². The predicted octanol–water partition coefficient (Wildman–Crippen LogP) is 6.78. The van der Waals surface area contributed by atoms with Crippen LogP contribution in [0.3, 0.4) is 0 Å². The number of aromatic nitrogens is 1. The summed E-state index contributed by atoms with van der Waals surface area (Å²) in [6, 6.07) is 13.3. The van der Waals surface area contributed by atoms with Gasteiger partial charge in [0.2, 0.25) is 0 Å².